The summed E-state index contributed by atoms with van der Waals surface area (Å²) in [5.41, 5.74) is 1.50. The maximum atomic E-state index is 12.7. The van der Waals surface area contributed by atoms with E-state index in [1.54, 1.807) is 30.3 Å². The van der Waals surface area contributed by atoms with Crippen LogP contribution in [0.15, 0.2) is 76.2 Å². The monoisotopic (exact) mass is 435 g/mol. The second-order valence-corrected chi connectivity index (χ2v) is 7.52. The highest BCUT2D eigenvalue weighted by atomic mass is 32.2. The van der Waals surface area contributed by atoms with Crippen LogP contribution in [0.2, 0.25) is 0 Å². The number of carbonyl (C=O) groups excluding carboxylic acids is 3. The first-order chi connectivity index (χ1) is 15.0. The molecule has 2 aromatic carbocycles. The number of imide groups is 1. The number of nitrogens with zero attached hydrogens (tertiary/aromatic N) is 1. The van der Waals surface area contributed by atoms with Crippen LogP contribution in [0.4, 0.5) is 4.79 Å². The van der Waals surface area contributed by atoms with E-state index in [-0.39, 0.29) is 29.2 Å². The van der Waals surface area contributed by atoms with Gasteiger partial charge in [-0.15, -0.1) is 0 Å². The lowest BCUT2D eigenvalue weighted by Crippen LogP contribution is -2.27. The summed E-state index contributed by atoms with van der Waals surface area (Å²) in [4.78, 5) is 38.7. The highest BCUT2D eigenvalue weighted by Gasteiger charge is 2.35. The maximum absolute atomic E-state index is 12.7. The van der Waals surface area contributed by atoms with Crippen LogP contribution in [-0.4, -0.2) is 29.1 Å². The second-order valence-electron chi connectivity index (χ2n) is 6.53. The highest BCUT2D eigenvalue weighted by molar-refractivity contribution is 8.18. The molecule has 2 amide bonds. The summed E-state index contributed by atoms with van der Waals surface area (Å²) in [6, 6.07) is 17.2. The Labute approximate surface area is 182 Å². The minimum atomic E-state index is -0.655. The smallest absolute Gasteiger partial charge is 0.379 e. The van der Waals surface area contributed by atoms with Gasteiger partial charge in [0.25, 0.3) is 11.1 Å². The van der Waals surface area contributed by atoms with Crippen molar-refractivity contribution in [2.75, 3.05) is 7.11 Å². The molecular weight excluding hydrogens is 418 g/mol. The van der Waals surface area contributed by atoms with Gasteiger partial charge in [0, 0.05) is 0 Å². The van der Waals surface area contributed by atoms with Crippen LogP contribution in [0, 0.1) is 0 Å². The van der Waals surface area contributed by atoms with Crippen LogP contribution in [0.5, 0.6) is 11.5 Å². The Morgan fingerprint density at radius 3 is 2.58 bits per heavy atom. The molecule has 3 aromatic rings. The molecule has 0 atom stereocenters. The average molecular weight is 435 g/mol. The number of hydrogen-bond donors (Lipinski definition) is 0. The molecule has 0 aliphatic carbocycles. The van der Waals surface area contributed by atoms with Crippen molar-refractivity contribution < 1.29 is 28.3 Å². The molecule has 4 rings (SSSR count). The van der Waals surface area contributed by atoms with Gasteiger partial charge in [0.1, 0.15) is 0 Å². The first-order valence-electron chi connectivity index (χ1n) is 9.28. The molecule has 0 N–H and O–H groups in total. The van der Waals surface area contributed by atoms with Gasteiger partial charge in [0.2, 0.25) is 5.76 Å². The van der Waals surface area contributed by atoms with Crippen LogP contribution in [-0.2, 0) is 11.3 Å². The molecule has 0 bridgehead atoms. The lowest BCUT2D eigenvalue weighted by atomic mass is 10.1. The standard InChI is InChI=1S/C23H17NO6S/c1-28-19-12-16(9-10-17(19)30-22(26)18-8-5-11-29-18)13-20-21(25)24(23(27)31-20)14-15-6-3-2-4-7-15/h2-13H,14H2,1H3/b20-13-. The normalized spacial score (nSPS) is 14.9. The highest BCUT2D eigenvalue weighted by Crippen LogP contribution is 2.35. The molecular formula is C23H17NO6S. The van der Waals surface area contributed by atoms with Crippen molar-refractivity contribution in [1.29, 1.82) is 0 Å². The third-order valence-corrected chi connectivity index (χ3v) is 5.37. The van der Waals surface area contributed by atoms with Crippen LogP contribution in [0.25, 0.3) is 6.08 Å². The lowest BCUT2D eigenvalue weighted by Gasteiger charge is -2.12. The van der Waals surface area contributed by atoms with E-state index in [1.165, 1.54) is 24.3 Å². The molecule has 1 fully saturated rings. The number of methoxy groups -OCH3 is 1. The third kappa shape index (κ3) is 4.54. The SMILES string of the molecule is COc1cc(/C=C2\SC(=O)N(Cc3ccccc3)C2=O)ccc1OC(=O)c1ccco1. The molecule has 156 valence electrons. The number of furan rings is 1. The van der Waals surface area contributed by atoms with Gasteiger partial charge in [-0.25, -0.2) is 4.79 Å². The van der Waals surface area contributed by atoms with Gasteiger partial charge >= 0.3 is 5.97 Å². The zero-order chi connectivity index (χ0) is 21.8. The zero-order valence-electron chi connectivity index (χ0n) is 16.4. The van der Waals surface area contributed by atoms with Crippen LogP contribution >= 0.6 is 11.8 Å². The third-order valence-electron chi connectivity index (χ3n) is 4.47. The van der Waals surface area contributed by atoms with E-state index in [2.05, 4.69) is 0 Å². The molecule has 1 aromatic heterocycles. The molecule has 1 aliphatic rings. The number of benzene rings is 2. The van der Waals surface area contributed by atoms with Gasteiger partial charge < -0.3 is 13.9 Å². The fourth-order valence-electron chi connectivity index (χ4n) is 2.96. The van der Waals surface area contributed by atoms with Crippen molar-refractivity contribution in [2.45, 2.75) is 6.54 Å². The van der Waals surface area contributed by atoms with Gasteiger partial charge in [0.15, 0.2) is 11.5 Å². The summed E-state index contributed by atoms with van der Waals surface area (Å²) in [5.74, 6) is -0.433. The Bertz CT molecular complexity index is 1150. The first kappa shape index (κ1) is 20.5. The van der Waals surface area contributed by atoms with Gasteiger partial charge in [-0.2, -0.15) is 0 Å². The van der Waals surface area contributed by atoms with Crippen LogP contribution < -0.4 is 9.47 Å². The average Bonchev–Trinajstić information content (AvgIpc) is 3.41. The molecule has 8 heteroatoms. The molecule has 0 radical (unpaired) electrons. The van der Waals surface area contributed by atoms with Crippen molar-refractivity contribution in [3.8, 4) is 11.5 Å². The zero-order valence-corrected chi connectivity index (χ0v) is 17.3. The van der Waals surface area contributed by atoms with Gasteiger partial charge in [-0.3, -0.25) is 14.5 Å². The van der Waals surface area contributed by atoms with E-state index in [4.69, 9.17) is 13.9 Å². The maximum Gasteiger partial charge on any atom is 0.379 e. The van der Waals surface area contributed by atoms with E-state index >= 15 is 0 Å². The lowest BCUT2D eigenvalue weighted by molar-refractivity contribution is -0.123. The molecule has 0 saturated carbocycles. The summed E-state index contributed by atoms with van der Waals surface area (Å²) in [6.45, 7) is 0.216. The molecule has 0 spiro atoms. The Morgan fingerprint density at radius 1 is 1.06 bits per heavy atom. The van der Waals surface area contributed by atoms with Crippen molar-refractivity contribution in [3.63, 3.8) is 0 Å². The number of esters is 1. The van der Waals surface area contributed by atoms with Gasteiger partial charge in [-0.1, -0.05) is 36.4 Å². The largest absolute Gasteiger partial charge is 0.493 e. The number of thioether (sulfide) groups is 1. The number of hydrogen-bond acceptors (Lipinski definition) is 7. The second kappa shape index (κ2) is 8.93. The minimum Gasteiger partial charge on any atom is -0.493 e. The van der Waals surface area contributed by atoms with Crippen LogP contribution in [0.1, 0.15) is 21.7 Å². The van der Waals surface area contributed by atoms with Crippen molar-refractivity contribution in [2.24, 2.45) is 0 Å². The predicted octanol–water partition coefficient (Wildman–Crippen LogP) is 4.74. The minimum absolute atomic E-state index is 0.0678. The van der Waals surface area contributed by atoms with Crippen molar-refractivity contribution in [1.82, 2.24) is 4.90 Å². The topological polar surface area (TPSA) is 86.0 Å². The molecule has 0 unspecified atom stereocenters. The number of rotatable bonds is 6. The molecule has 2 heterocycles. The molecule has 1 saturated heterocycles. The quantitative estimate of drug-likeness (QED) is 0.314. The fraction of sp³-hybridized carbons (Fsp3) is 0.0870. The van der Waals surface area contributed by atoms with Crippen molar-refractivity contribution >= 4 is 35.0 Å². The van der Waals surface area contributed by atoms with E-state index in [1.807, 2.05) is 30.3 Å². The predicted molar refractivity (Wildman–Crippen MR) is 115 cm³/mol. The van der Waals surface area contributed by atoms with Gasteiger partial charge in [-0.05, 0) is 53.2 Å². The first-order valence-corrected chi connectivity index (χ1v) is 10.1. The Hall–Kier alpha value is -3.78. The number of amides is 2. The van der Waals surface area contributed by atoms with E-state index in [0.29, 0.717) is 16.2 Å². The molecule has 31 heavy (non-hydrogen) atoms. The Kier molecular flexibility index (Phi) is 5.90. The summed E-state index contributed by atoms with van der Waals surface area (Å²) >= 11 is 0.882. The number of carbonyl (C=O) groups is 3. The Balaban J connectivity index is 1.52. The van der Waals surface area contributed by atoms with E-state index < -0.39 is 5.97 Å². The van der Waals surface area contributed by atoms with Crippen molar-refractivity contribution in [3.05, 3.63) is 88.7 Å². The summed E-state index contributed by atoms with van der Waals surface area (Å²) in [5, 5.41) is -0.323. The fourth-order valence-corrected chi connectivity index (χ4v) is 3.80. The van der Waals surface area contributed by atoms with E-state index in [0.717, 1.165) is 17.3 Å². The summed E-state index contributed by atoms with van der Waals surface area (Å²) < 4.78 is 15.7. The summed E-state index contributed by atoms with van der Waals surface area (Å²) in [6.07, 6.45) is 2.98. The molecule has 1 aliphatic heterocycles. The Morgan fingerprint density at radius 2 is 1.87 bits per heavy atom. The van der Waals surface area contributed by atoms with Gasteiger partial charge in [0.05, 0.1) is 24.8 Å². The molecule has 7 nitrogen and oxygen atoms in total. The number of ether oxygens (including phenoxy) is 2. The van der Waals surface area contributed by atoms with E-state index in [9.17, 15) is 14.4 Å². The van der Waals surface area contributed by atoms with Crippen LogP contribution in [0.3, 0.4) is 0 Å². The summed E-state index contributed by atoms with van der Waals surface area (Å²) in [7, 11) is 1.44.